The highest BCUT2D eigenvalue weighted by Crippen LogP contribution is 2.30. The highest BCUT2D eigenvalue weighted by molar-refractivity contribution is 4.97. The summed E-state index contributed by atoms with van der Waals surface area (Å²) in [6.45, 7) is 13.6. The minimum atomic E-state index is 0.210. The quantitative estimate of drug-likeness (QED) is 0.282. The summed E-state index contributed by atoms with van der Waals surface area (Å²) >= 11 is 0. The van der Waals surface area contributed by atoms with Crippen LogP contribution in [-0.4, -0.2) is 29.6 Å². The fourth-order valence-electron chi connectivity index (χ4n) is 3.90. The van der Waals surface area contributed by atoms with E-state index in [9.17, 15) is 0 Å². The van der Waals surface area contributed by atoms with Gasteiger partial charge in [0.1, 0.15) is 0 Å². The van der Waals surface area contributed by atoms with Crippen molar-refractivity contribution in [3.8, 4) is 0 Å². The van der Waals surface area contributed by atoms with Gasteiger partial charge in [-0.1, -0.05) is 73.1 Å². The first kappa shape index (κ1) is 20.9. The third-order valence-electron chi connectivity index (χ3n) is 5.31. The van der Waals surface area contributed by atoms with Gasteiger partial charge in [0.05, 0.1) is 0 Å². The second-order valence-electron chi connectivity index (χ2n) is 6.26. The van der Waals surface area contributed by atoms with Crippen molar-refractivity contribution in [2.45, 2.75) is 104 Å². The van der Waals surface area contributed by atoms with Crippen LogP contribution in [0.25, 0.3) is 0 Å². The highest BCUT2D eigenvalue weighted by Gasteiger charge is 2.38. The highest BCUT2D eigenvalue weighted by atomic mass is 15.3. The van der Waals surface area contributed by atoms with E-state index in [1.54, 1.807) is 0 Å². The van der Waals surface area contributed by atoms with E-state index in [2.05, 4.69) is 44.9 Å². The molecule has 0 rings (SSSR count). The maximum Gasteiger partial charge on any atom is 0.0394 e. The molecule has 0 aromatic heterocycles. The Balaban J connectivity index is 4.54. The lowest BCUT2D eigenvalue weighted by Crippen LogP contribution is -2.62. The Morgan fingerprint density at radius 2 is 1.38 bits per heavy atom. The second-order valence-corrected chi connectivity index (χ2v) is 6.26. The Morgan fingerprint density at radius 3 is 1.81 bits per heavy atom. The Morgan fingerprint density at radius 1 is 0.857 bits per heavy atom. The van der Waals surface area contributed by atoms with Gasteiger partial charge in [0.25, 0.3) is 0 Å². The van der Waals surface area contributed by atoms with Gasteiger partial charge in [-0.05, 0) is 32.4 Å². The zero-order valence-corrected chi connectivity index (χ0v) is 15.4. The molecule has 3 N–H and O–H groups in total. The zero-order chi connectivity index (χ0) is 16.1. The zero-order valence-electron chi connectivity index (χ0n) is 15.4. The molecular formula is C18H41N3. The molecule has 3 heteroatoms. The molecule has 0 aliphatic carbocycles. The summed E-state index contributed by atoms with van der Waals surface area (Å²) in [5, 5.41) is 0. The van der Waals surface area contributed by atoms with Gasteiger partial charge in [0, 0.05) is 11.6 Å². The summed E-state index contributed by atoms with van der Waals surface area (Å²) in [5.41, 5.74) is 3.36. The van der Waals surface area contributed by atoms with E-state index in [4.69, 9.17) is 5.84 Å². The molecule has 0 heterocycles. The van der Waals surface area contributed by atoms with Crippen LogP contribution in [0.15, 0.2) is 0 Å². The lowest BCUT2D eigenvalue weighted by Gasteiger charge is -2.48. The number of nitrogens with two attached hydrogens (primary N) is 1. The smallest absolute Gasteiger partial charge is 0.0394 e. The molecule has 0 aliphatic heterocycles. The van der Waals surface area contributed by atoms with Crippen LogP contribution < -0.4 is 11.3 Å². The summed E-state index contributed by atoms with van der Waals surface area (Å²) in [7, 11) is 0. The van der Waals surface area contributed by atoms with Crippen LogP contribution >= 0.6 is 0 Å². The number of hydrazine groups is 1. The van der Waals surface area contributed by atoms with Crippen molar-refractivity contribution in [1.82, 2.24) is 10.3 Å². The Labute approximate surface area is 134 Å². The molecule has 0 amide bonds. The third kappa shape index (κ3) is 6.25. The first-order chi connectivity index (χ1) is 10.2. The fourth-order valence-corrected chi connectivity index (χ4v) is 3.90. The molecule has 0 saturated carbocycles. The van der Waals surface area contributed by atoms with Crippen LogP contribution in [0.2, 0.25) is 0 Å². The largest absolute Gasteiger partial charge is 0.297 e. The molecular weight excluding hydrogens is 258 g/mol. The van der Waals surface area contributed by atoms with E-state index in [1.807, 2.05) is 0 Å². The molecule has 3 nitrogen and oxygen atoms in total. The van der Waals surface area contributed by atoms with Crippen LogP contribution in [0, 0.1) is 0 Å². The number of nitrogens with one attached hydrogen (secondary N) is 1. The van der Waals surface area contributed by atoms with Crippen molar-refractivity contribution < 1.29 is 0 Å². The summed E-state index contributed by atoms with van der Waals surface area (Å²) in [5.74, 6) is 5.94. The van der Waals surface area contributed by atoms with E-state index in [-0.39, 0.29) is 5.54 Å². The predicted octanol–water partition coefficient (Wildman–Crippen LogP) is 4.47. The van der Waals surface area contributed by atoms with Crippen molar-refractivity contribution >= 4 is 0 Å². The molecule has 21 heavy (non-hydrogen) atoms. The number of unbranched alkanes of at least 4 members (excludes halogenated alkanes) is 5. The summed E-state index contributed by atoms with van der Waals surface area (Å²) < 4.78 is 0. The Kier molecular flexibility index (Phi) is 12.4. The molecule has 128 valence electrons. The van der Waals surface area contributed by atoms with Crippen molar-refractivity contribution in [1.29, 1.82) is 0 Å². The number of hydrogen-bond donors (Lipinski definition) is 2. The van der Waals surface area contributed by atoms with Crippen LogP contribution in [-0.2, 0) is 0 Å². The van der Waals surface area contributed by atoms with Crippen molar-refractivity contribution in [3.63, 3.8) is 0 Å². The second kappa shape index (κ2) is 12.4. The number of likely N-dealkylation sites (N-methyl/N-ethyl adjacent to an activating group) is 1. The van der Waals surface area contributed by atoms with E-state index in [1.165, 1.54) is 44.9 Å². The minimum Gasteiger partial charge on any atom is -0.297 e. The van der Waals surface area contributed by atoms with Gasteiger partial charge in [-0.2, -0.15) is 0 Å². The SMILES string of the molecule is CCCCCCCCC(NN)C(CC)(CC)N(CC)CC. The maximum absolute atomic E-state index is 5.94. The summed E-state index contributed by atoms with van der Waals surface area (Å²) in [6, 6.07) is 0.401. The molecule has 0 aliphatic rings. The molecule has 0 fully saturated rings. The average molecular weight is 300 g/mol. The first-order valence-electron chi connectivity index (χ1n) is 9.37. The molecule has 0 aromatic carbocycles. The normalized spacial score (nSPS) is 13.9. The lowest BCUT2D eigenvalue weighted by molar-refractivity contribution is 0.0451. The van der Waals surface area contributed by atoms with E-state index in [0.29, 0.717) is 6.04 Å². The number of nitrogens with zero attached hydrogens (tertiary/aromatic N) is 1. The van der Waals surface area contributed by atoms with Gasteiger partial charge in [-0.15, -0.1) is 0 Å². The summed E-state index contributed by atoms with van der Waals surface area (Å²) in [4.78, 5) is 2.61. The molecule has 0 spiro atoms. The van der Waals surface area contributed by atoms with E-state index < -0.39 is 0 Å². The van der Waals surface area contributed by atoms with Crippen molar-refractivity contribution in [2.24, 2.45) is 5.84 Å². The molecule has 0 aromatic rings. The molecule has 0 radical (unpaired) electrons. The summed E-state index contributed by atoms with van der Waals surface area (Å²) in [6.07, 6.45) is 11.6. The van der Waals surface area contributed by atoms with Crippen molar-refractivity contribution in [2.75, 3.05) is 13.1 Å². The van der Waals surface area contributed by atoms with Crippen molar-refractivity contribution in [3.05, 3.63) is 0 Å². The van der Waals surface area contributed by atoms with Gasteiger partial charge < -0.3 is 0 Å². The molecule has 1 atom stereocenters. The van der Waals surface area contributed by atoms with Gasteiger partial charge in [0.2, 0.25) is 0 Å². The Bertz CT molecular complexity index is 223. The van der Waals surface area contributed by atoms with Gasteiger partial charge in [-0.25, -0.2) is 0 Å². The Hall–Kier alpha value is -0.120. The van der Waals surface area contributed by atoms with Gasteiger partial charge in [0.15, 0.2) is 0 Å². The first-order valence-corrected chi connectivity index (χ1v) is 9.37. The topological polar surface area (TPSA) is 41.3 Å². The monoisotopic (exact) mass is 299 g/mol. The minimum absolute atomic E-state index is 0.210. The van der Waals surface area contributed by atoms with E-state index >= 15 is 0 Å². The molecule has 0 saturated heterocycles. The lowest BCUT2D eigenvalue weighted by atomic mass is 9.80. The average Bonchev–Trinajstić information content (AvgIpc) is 2.52. The molecule has 1 unspecified atom stereocenters. The van der Waals surface area contributed by atoms with Gasteiger partial charge >= 0.3 is 0 Å². The predicted molar refractivity (Wildman–Crippen MR) is 95.3 cm³/mol. The maximum atomic E-state index is 5.94. The fraction of sp³-hybridized carbons (Fsp3) is 1.00. The third-order valence-corrected chi connectivity index (χ3v) is 5.31. The van der Waals surface area contributed by atoms with Crippen LogP contribution in [0.3, 0.4) is 0 Å². The number of hydrogen-bond acceptors (Lipinski definition) is 3. The molecule has 0 bridgehead atoms. The standard InChI is InChI=1S/C18H41N3/c1-6-11-12-13-14-15-16-17(20-19)18(7-2,8-3)21(9-4)10-5/h17,20H,6-16,19H2,1-5H3. The van der Waals surface area contributed by atoms with Crippen LogP contribution in [0.5, 0.6) is 0 Å². The van der Waals surface area contributed by atoms with Crippen LogP contribution in [0.4, 0.5) is 0 Å². The number of rotatable bonds is 14. The van der Waals surface area contributed by atoms with E-state index in [0.717, 1.165) is 25.9 Å². The van der Waals surface area contributed by atoms with Gasteiger partial charge in [-0.3, -0.25) is 16.2 Å². The van der Waals surface area contributed by atoms with Crippen LogP contribution in [0.1, 0.15) is 92.4 Å².